The number of likely N-dealkylation sites (tertiary alicyclic amines) is 1. The molecule has 164 valence electrons. The van der Waals surface area contributed by atoms with Gasteiger partial charge in [0.15, 0.2) is 0 Å². The molecule has 4 amide bonds. The van der Waals surface area contributed by atoms with Crippen LogP contribution < -0.4 is 16.0 Å². The number of urea groups is 1. The molecule has 0 bridgehead atoms. The molecular formula is C22H24F2N4O3. The minimum Gasteiger partial charge on any atom is -0.349 e. The fraction of sp³-hybridized carbons (Fsp3) is 0.318. The Morgan fingerprint density at radius 3 is 2.06 bits per heavy atom. The standard InChI is InChI=1S/C22H24F2N4O3/c23-17-5-1-15(2-6-17)13-25-22(31)26-14-20(29)28-11-9-19(10-12-28)27-21(30)16-3-7-18(24)8-4-16/h1-8,19H,9-14H2,(H,27,30)(H2,25,26,31). The highest BCUT2D eigenvalue weighted by Crippen LogP contribution is 2.12. The highest BCUT2D eigenvalue weighted by molar-refractivity contribution is 5.94. The van der Waals surface area contributed by atoms with Crippen LogP contribution in [0.1, 0.15) is 28.8 Å². The number of piperidine rings is 1. The van der Waals surface area contributed by atoms with Crippen molar-refractivity contribution in [1.29, 1.82) is 0 Å². The average Bonchev–Trinajstić information content (AvgIpc) is 2.78. The summed E-state index contributed by atoms with van der Waals surface area (Å²) in [6, 6.07) is 10.5. The molecule has 0 aromatic heterocycles. The molecule has 1 fully saturated rings. The van der Waals surface area contributed by atoms with Gasteiger partial charge in [0.05, 0.1) is 6.54 Å². The first-order chi connectivity index (χ1) is 14.9. The predicted molar refractivity (Wildman–Crippen MR) is 110 cm³/mol. The van der Waals surface area contributed by atoms with Gasteiger partial charge in [-0.3, -0.25) is 9.59 Å². The Hall–Kier alpha value is -3.49. The van der Waals surface area contributed by atoms with E-state index in [1.165, 1.54) is 36.4 Å². The Balaban J connectivity index is 1.34. The molecule has 7 nitrogen and oxygen atoms in total. The van der Waals surface area contributed by atoms with E-state index in [1.54, 1.807) is 17.0 Å². The second-order valence-electron chi connectivity index (χ2n) is 7.30. The molecule has 0 spiro atoms. The lowest BCUT2D eigenvalue weighted by atomic mass is 10.0. The van der Waals surface area contributed by atoms with Gasteiger partial charge in [-0.2, -0.15) is 0 Å². The molecule has 31 heavy (non-hydrogen) atoms. The van der Waals surface area contributed by atoms with Crippen molar-refractivity contribution in [2.45, 2.75) is 25.4 Å². The summed E-state index contributed by atoms with van der Waals surface area (Å²) in [5.41, 5.74) is 1.13. The third-order valence-electron chi connectivity index (χ3n) is 5.06. The zero-order valence-electron chi connectivity index (χ0n) is 16.9. The lowest BCUT2D eigenvalue weighted by Gasteiger charge is -2.32. The van der Waals surface area contributed by atoms with E-state index in [4.69, 9.17) is 0 Å². The van der Waals surface area contributed by atoms with Crippen molar-refractivity contribution in [3.8, 4) is 0 Å². The molecule has 0 radical (unpaired) electrons. The van der Waals surface area contributed by atoms with Gasteiger partial charge in [0.25, 0.3) is 5.91 Å². The van der Waals surface area contributed by atoms with E-state index in [-0.39, 0.29) is 36.8 Å². The SMILES string of the molecule is O=C(NCC(=O)N1CCC(NC(=O)c2ccc(F)cc2)CC1)NCc1ccc(F)cc1. The van der Waals surface area contributed by atoms with Crippen LogP contribution in [0.25, 0.3) is 0 Å². The molecule has 0 unspecified atom stereocenters. The van der Waals surface area contributed by atoms with Gasteiger partial charge in [-0.05, 0) is 54.8 Å². The smallest absolute Gasteiger partial charge is 0.315 e. The minimum atomic E-state index is -0.487. The minimum absolute atomic E-state index is 0.0754. The maximum atomic E-state index is 13.0. The van der Waals surface area contributed by atoms with E-state index in [0.717, 1.165) is 5.56 Å². The molecule has 0 aliphatic carbocycles. The Morgan fingerprint density at radius 2 is 1.45 bits per heavy atom. The fourth-order valence-electron chi connectivity index (χ4n) is 3.26. The summed E-state index contributed by atoms with van der Waals surface area (Å²) in [4.78, 5) is 38.0. The van der Waals surface area contributed by atoms with Gasteiger partial charge < -0.3 is 20.9 Å². The maximum absolute atomic E-state index is 13.0. The number of hydrogen-bond acceptors (Lipinski definition) is 3. The van der Waals surface area contributed by atoms with Crippen LogP contribution in [0.5, 0.6) is 0 Å². The summed E-state index contributed by atoms with van der Waals surface area (Å²) in [6.45, 7) is 1.01. The lowest BCUT2D eigenvalue weighted by molar-refractivity contribution is -0.131. The summed E-state index contributed by atoms with van der Waals surface area (Å²) in [5.74, 6) is -1.23. The van der Waals surface area contributed by atoms with Gasteiger partial charge in [0.1, 0.15) is 11.6 Å². The van der Waals surface area contributed by atoms with Crippen molar-refractivity contribution >= 4 is 17.8 Å². The molecule has 1 heterocycles. The third-order valence-corrected chi connectivity index (χ3v) is 5.06. The van der Waals surface area contributed by atoms with Crippen LogP contribution in [-0.4, -0.2) is 48.4 Å². The second-order valence-corrected chi connectivity index (χ2v) is 7.30. The number of benzene rings is 2. The molecule has 1 saturated heterocycles. The molecular weight excluding hydrogens is 406 g/mol. The third kappa shape index (κ3) is 6.77. The highest BCUT2D eigenvalue weighted by atomic mass is 19.1. The van der Waals surface area contributed by atoms with Gasteiger partial charge in [-0.1, -0.05) is 12.1 Å². The zero-order chi connectivity index (χ0) is 22.2. The van der Waals surface area contributed by atoms with Crippen molar-refractivity contribution in [3.63, 3.8) is 0 Å². The van der Waals surface area contributed by atoms with E-state index in [2.05, 4.69) is 16.0 Å². The van der Waals surface area contributed by atoms with Gasteiger partial charge in [-0.15, -0.1) is 0 Å². The van der Waals surface area contributed by atoms with Crippen LogP contribution in [0.2, 0.25) is 0 Å². The normalized spacial score (nSPS) is 14.1. The Kier molecular flexibility index (Phi) is 7.53. The molecule has 3 N–H and O–H groups in total. The molecule has 2 aromatic carbocycles. The monoisotopic (exact) mass is 430 g/mol. The molecule has 0 saturated carbocycles. The van der Waals surface area contributed by atoms with E-state index in [9.17, 15) is 23.2 Å². The van der Waals surface area contributed by atoms with Crippen molar-refractivity contribution in [3.05, 3.63) is 71.3 Å². The van der Waals surface area contributed by atoms with Crippen LogP contribution >= 0.6 is 0 Å². The van der Waals surface area contributed by atoms with Crippen molar-refractivity contribution in [2.24, 2.45) is 0 Å². The summed E-state index contributed by atoms with van der Waals surface area (Å²) in [7, 11) is 0. The van der Waals surface area contributed by atoms with Crippen molar-refractivity contribution in [2.75, 3.05) is 19.6 Å². The van der Waals surface area contributed by atoms with Crippen molar-refractivity contribution in [1.82, 2.24) is 20.9 Å². The van der Waals surface area contributed by atoms with Gasteiger partial charge in [0.2, 0.25) is 5.91 Å². The number of halogens is 2. The number of carbonyl (C=O) groups excluding carboxylic acids is 3. The Labute approximate surface area is 178 Å². The van der Waals surface area contributed by atoms with E-state index >= 15 is 0 Å². The first-order valence-electron chi connectivity index (χ1n) is 10.0. The predicted octanol–water partition coefficient (Wildman–Crippen LogP) is 2.18. The van der Waals surface area contributed by atoms with E-state index < -0.39 is 11.8 Å². The molecule has 9 heteroatoms. The number of amides is 4. The molecule has 1 aliphatic heterocycles. The van der Waals surface area contributed by atoms with E-state index in [0.29, 0.717) is 31.5 Å². The topological polar surface area (TPSA) is 90.5 Å². The van der Waals surface area contributed by atoms with Crippen LogP contribution in [0, 0.1) is 11.6 Å². The summed E-state index contributed by atoms with van der Waals surface area (Å²) in [6.07, 6.45) is 1.19. The summed E-state index contributed by atoms with van der Waals surface area (Å²) in [5, 5.41) is 8.02. The van der Waals surface area contributed by atoms with Crippen molar-refractivity contribution < 1.29 is 23.2 Å². The van der Waals surface area contributed by atoms with Crippen LogP contribution in [0.15, 0.2) is 48.5 Å². The maximum Gasteiger partial charge on any atom is 0.315 e. The highest BCUT2D eigenvalue weighted by Gasteiger charge is 2.24. The van der Waals surface area contributed by atoms with Gasteiger partial charge >= 0.3 is 6.03 Å². The zero-order valence-corrected chi connectivity index (χ0v) is 16.9. The lowest BCUT2D eigenvalue weighted by Crippen LogP contribution is -2.49. The van der Waals surface area contributed by atoms with Gasteiger partial charge in [0, 0.05) is 31.2 Å². The number of nitrogens with one attached hydrogen (secondary N) is 3. The van der Waals surface area contributed by atoms with E-state index in [1.807, 2.05) is 0 Å². The molecule has 2 aromatic rings. The molecule has 0 atom stereocenters. The first-order valence-corrected chi connectivity index (χ1v) is 10.0. The molecule has 1 aliphatic rings. The van der Waals surface area contributed by atoms with Crippen LogP contribution in [0.3, 0.4) is 0 Å². The Bertz CT molecular complexity index is 911. The average molecular weight is 430 g/mol. The fourth-order valence-corrected chi connectivity index (χ4v) is 3.26. The second kappa shape index (κ2) is 10.5. The van der Waals surface area contributed by atoms with Crippen LogP contribution in [0.4, 0.5) is 13.6 Å². The number of rotatable bonds is 6. The summed E-state index contributed by atoms with van der Waals surface area (Å²) < 4.78 is 25.8. The van der Waals surface area contributed by atoms with Gasteiger partial charge in [-0.25, -0.2) is 13.6 Å². The largest absolute Gasteiger partial charge is 0.349 e. The Morgan fingerprint density at radius 1 is 0.871 bits per heavy atom. The first kappa shape index (κ1) is 22.2. The number of hydrogen-bond donors (Lipinski definition) is 3. The number of carbonyl (C=O) groups is 3. The number of nitrogens with zero attached hydrogens (tertiary/aromatic N) is 1. The quantitative estimate of drug-likeness (QED) is 0.656. The van der Waals surface area contributed by atoms with Crippen LogP contribution in [-0.2, 0) is 11.3 Å². The molecule has 3 rings (SSSR count). The summed E-state index contributed by atoms with van der Waals surface area (Å²) >= 11 is 0.